The Morgan fingerprint density at radius 3 is 2.65 bits per heavy atom. The maximum atomic E-state index is 11.3. The zero-order valence-corrected chi connectivity index (χ0v) is 12.5. The van der Waals surface area contributed by atoms with E-state index in [0.717, 1.165) is 0 Å². The maximum absolute atomic E-state index is 11.3. The number of aliphatic hydroxyl groups is 3. The van der Waals surface area contributed by atoms with Gasteiger partial charge in [0.1, 0.15) is 30.1 Å². The van der Waals surface area contributed by atoms with Crippen molar-refractivity contribution in [1.82, 2.24) is 5.32 Å². The second-order valence-electron chi connectivity index (χ2n) is 5.21. The summed E-state index contributed by atoms with van der Waals surface area (Å²) in [6, 6.07) is 5.30. The highest BCUT2D eigenvalue weighted by molar-refractivity contribution is 5.79. The standard InChI is InChI=1S/C15H19NO7/c1-8(19)16-12-14(21)13(20)11(7-18)23-15(12)22-10-5-3-2-4-9(10)6-17/h2-6,11-15,18,20-21H,7H2,1H3,(H,16,19)/t11-,12-,13-,14-,15-/m0/s1. The summed E-state index contributed by atoms with van der Waals surface area (Å²) in [4.78, 5) is 22.4. The molecule has 1 aromatic rings. The van der Waals surface area contributed by atoms with Crippen LogP contribution in [-0.2, 0) is 9.53 Å². The zero-order valence-electron chi connectivity index (χ0n) is 12.5. The molecule has 0 unspecified atom stereocenters. The van der Waals surface area contributed by atoms with Crippen molar-refractivity contribution in [3.63, 3.8) is 0 Å². The molecule has 8 nitrogen and oxygen atoms in total. The lowest BCUT2D eigenvalue weighted by atomic mass is 9.97. The molecule has 1 amide bonds. The maximum Gasteiger partial charge on any atom is 0.223 e. The van der Waals surface area contributed by atoms with Crippen LogP contribution in [0, 0.1) is 0 Å². The molecule has 0 aliphatic carbocycles. The van der Waals surface area contributed by atoms with E-state index in [-0.39, 0.29) is 11.3 Å². The van der Waals surface area contributed by atoms with Crippen LogP contribution >= 0.6 is 0 Å². The van der Waals surface area contributed by atoms with Crippen molar-refractivity contribution in [2.75, 3.05) is 6.61 Å². The molecule has 1 saturated heterocycles. The smallest absolute Gasteiger partial charge is 0.223 e. The molecule has 1 aliphatic heterocycles. The molecule has 1 aromatic carbocycles. The van der Waals surface area contributed by atoms with Gasteiger partial charge in [0.15, 0.2) is 6.29 Å². The third kappa shape index (κ3) is 3.85. The number of rotatable bonds is 5. The molecule has 0 saturated carbocycles. The second-order valence-corrected chi connectivity index (χ2v) is 5.21. The molecule has 2 rings (SSSR count). The van der Waals surface area contributed by atoms with Gasteiger partial charge in [0, 0.05) is 6.92 Å². The highest BCUT2D eigenvalue weighted by Crippen LogP contribution is 2.26. The van der Waals surface area contributed by atoms with E-state index in [1.165, 1.54) is 19.1 Å². The predicted molar refractivity (Wildman–Crippen MR) is 77.8 cm³/mol. The molecule has 1 fully saturated rings. The Hall–Kier alpha value is -2.00. The molecule has 8 heteroatoms. The summed E-state index contributed by atoms with van der Waals surface area (Å²) < 4.78 is 11.0. The van der Waals surface area contributed by atoms with Gasteiger partial charge < -0.3 is 30.1 Å². The first-order chi connectivity index (χ1) is 11.0. The van der Waals surface area contributed by atoms with Crippen LogP contribution in [0.1, 0.15) is 17.3 Å². The average molecular weight is 325 g/mol. The number of nitrogens with one attached hydrogen (secondary N) is 1. The first-order valence-electron chi connectivity index (χ1n) is 7.08. The van der Waals surface area contributed by atoms with E-state index in [9.17, 15) is 24.9 Å². The van der Waals surface area contributed by atoms with E-state index < -0.39 is 43.2 Å². The van der Waals surface area contributed by atoms with Crippen LogP contribution in [0.4, 0.5) is 0 Å². The Morgan fingerprint density at radius 1 is 1.35 bits per heavy atom. The molecule has 1 aliphatic rings. The van der Waals surface area contributed by atoms with Gasteiger partial charge in [-0.05, 0) is 12.1 Å². The van der Waals surface area contributed by atoms with E-state index in [4.69, 9.17) is 9.47 Å². The molecule has 0 aromatic heterocycles. The van der Waals surface area contributed by atoms with Crippen molar-refractivity contribution >= 4 is 12.2 Å². The number of carbonyl (C=O) groups is 2. The fraction of sp³-hybridized carbons (Fsp3) is 0.467. The molecule has 4 N–H and O–H groups in total. The van der Waals surface area contributed by atoms with Gasteiger partial charge in [-0.3, -0.25) is 9.59 Å². The monoisotopic (exact) mass is 325 g/mol. The number of benzene rings is 1. The number of carbonyl (C=O) groups excluding carboxylic acids is 2. The number of para-hydroxylation sites is 1. The number of hydrogen-bond donors (Lipinski definition) is 4. The largest absolute Gasteiger partial charge is 0.462 e. The third-order valence-electron chi connectivity index (χ3n) is 3.54. The van der Waals surface area contributed by atoms with Gasteiger partial charge in [-0.1, -0.05) is 12.1 Å². The quantitative estimate of drug-likeness (QED) is 0.502. The highest BCUT2D eigenvalue weighted by Gasteiger charge is 2.46. The topological polar surface area (TPSA) is 125 Å². The van der Waals surface area contributed by atoms with Crippen LogP contribution < -0.4 is 10.1 Å². The molecule has 1 heterocycles. The Kier molecular flexibility index (Phi) is 5.67. The number of amides is 1. The first-order valence-corrected chi connectivity index (χ1v) is 7.08. The summed E-state index contributed by atoms with van der Waals surface area (Å²) in [5, 5.41) is 31.7. The van der Waals surface area contributed by atoms with Crippen LogP contribution in [0.5, 0.6) is 5.75 Å². The predicted octanol–water partition coefficient (Wildman–Crippen LogP) is -1.18. The van der Waals surface area contributed by atoms with Gasteiger partial charge in [-0.2, -0.15) is 0 Å². The fourth-order valence-electron chi connectivity index (χ4n) is 2.38. The minimum absolute atomic E-state index is 0.197. The van der Waals surface area contributed by atoms with Crippen molar-refractivity contribution in [3.8, 4) is 5.75 Å². The molecule has 5 atom stereocenters. The van der Waals surface area contributed by atoms with Gasteiger partial charge in [0.05, 0.1) is 12.2 Å². The van der Waals surface area contributed by atoms with E-state index in [1.54, 1.807) is 12.1 Å². The highest BCUT2D eigenvalue weighted by atomic mass is 16.7. The molecule has 0 spiro atoms. The summed E-state index contributed by atoms with van der Waals surface area (Å²) in [6.45, 7) is 0.702. The lowest BCUT2D eigenvalue weighted by Crippen LogP contribution is -2.65. The fourth-order valence-corrected chi connectivity index (χ4v) is 2.38. The van der Waals surface area contributed by atoms with Crippen LogP contribution in [0.25, 0.3) is 0 Å². The lowest BCUT2D eigenvalue weighted by Gasteiger charge is -2.42. The summed E-state index contributed by atoms with van der Waals surface area (Å²) in [7, 11) is 0. The Balaban J connectivity index is 2.27. The summed E-state index contributed by atoms with van der Waals surface area (Å²) in [6.07, 6.45) is -4.46. The molecular weight excluding hydrogens is 306 g/mol. The first kappa shape index (κ1) is 17.4. The van der Waals surface area contributed by atoms with Crippen molar-refractivity contribution in [2.24, 2.45) is 0 Å². The summed E-state index contributed by atoms with van der Waals surface area (Å²) in [5.74, 6) is -0.257. The van der Waals surface area contributed by atoms with Crippen molar-refractivity contribution in [3.05, 3.63) is 29.8 Å². The van der Waals surface area contributed by atoms with Crippen molar-refractivity contribution in [1.29, 1.82) is 0 Å². The molecular formula is C15H19NO7. The van der Waals surface area contributed by atoms with Gasteiger partial charge in [-0.15, -0.1) is 0 Å². The average Bonchev–Trinajstić information content (AvgIpc) is 2.54. The SMILES string of the molecule is CC(=O)N[C@@H]1[C@@H](Oc2ccccc2C=O)O[C@@H](CO)[C@H](O)[C@H]1O. The summed E-state index contributed by atoms with van der Waals surface area (Å²) in [5.41, 5.74) is 0.263. The van der Waals surface area contributed by atoms with Gasteiger partial charge >= 0.3 is 0 Å². The van der Waals surface area contributed by atoms with Gasteiger partial charge in [0.2, 0.25) is 12.2 Å². The van der Waals surface area contributed by atoms with Crippen molar-refractivity contribution < 1.29 is 34.4 Å². The normalized spacial score (nSPS) is 30.5. The number of aliphatic hydroxyl groups excluding tert-OH is 3. The van der Waals surface area contributed by atoms with Crippen LogP contribution in [0.3, 0.4) is 0 Å². The minimum atomic E-state index is -1.40. The van der Waals surface area contributed by atoms with Gasteiger partial charge in [-0.25, -0.2) is 0 Å². The Bertz CT molecular complexity index is 565. The zero-order chi connectivity index (χ0) is 17.0. The van der Waals surface area contributed by atoms with Crippen LogP contribution in [0.15, 0.2) is 24.3 Å². The molecule has 23 heavy (non-hydrogen) atoms. The van der Waals surface area contributed by atoms with E-state index in [1.807, 2.05) is 0 Å². The second kappa shape index (κ2) is 7.51. The molecule has 0 bridgehead atoms. The van der Waals surface area contributed by atoms with Crippen LogP contribution in [0.2, 0.25) is 0 Å². The number of hydrogen-bond acceptors (Lipinski definition) is 7. The van der Waals surface area contributed by atoms with Crippen LogP contribution in [-0.4, -0.2) is 64.8 Å². The Morgan fingerprint density at radius 2 is 2.04 bits per heavy atom. The van der Waals surface area contributed by atoms with Gasteiger partial charge in [0.25, 0.3) is 0 Å². The molecule has 126 valence electrons. The third-order valence-corrected chi connectivity index (χ3v) is 3.54. The Labute approximate surface area is 132 Å². The lowest BCUT2D eigenvalue weighted by molar-refractivity contribution is -0.244. The number of ether oxygens (including phenoxy) is 2. The number of aldehydes is 1. The molecule has 0 radical (unpaired) electrons. The van der Waals surface area contributed by atoms with E-state index >= 15 is 0 Å². The van der Waals surface area contributed by atoms with Crippen molar-refractivity contribution in [2.45, 2.75) is 37.6 Å². The summed E-state index contributed by atoms with van der Waals surface area (Å²) >= 11 is 0. The van der Waals surface area contributed by atoms with E-state index in [0.29, 0.717) is 6.29 Å². The van der Waals surface area contributed by atoms with E-state index in [2.05, 4.69) is 5.32 Å². The minimum Gasteiger partial charge on any atom is -0.462 e.